The first-order valence-corrected chi connectivity index (χ1v) is 8.88. The van der Waals surface area contributed by atoms with Crippen LogP contribution >= 0.6 is 11.3 Å². The largest absolute Gasteiger partial charge is 0.324 e. The van der Waals surface area contributed by atoms with Crippen molar-refractivity contribution < 1.29 is 14.5 Å². The third kappa shape index (κ3) is 4.86. The van der Waals surface area contributed by atoms with Gasteiger partial charge in [0, 0.05) is 22.9 Å². The molecule has 28 heavy (non-hydrogen) atoms. The van der Waals surface area contributed by atoms with Crippen molar-refractivity contribution in [2.45, 2.75) is 0 Å². The molecule has 3 rings (SSSR count). The van der Waals surface area contributed by atoms with Gasteiger partial charge in [0.25, 0.3) is 11.8 Å². The highest BCUT2D eigenvalue weighted by Gasteiger charge is 2.10. The van der Waals surface area contributed by atoms with E-state index >= 15 is 0 Å². The Hall–Kier alpha value is -3.85. The number of hydrazone groups is 1. The molecule has 0 aliphatic heterocycles. The van der Waals surface area contributed by atoms with Crippen molar-refractivity contribution in [3.63, 3.8) is 0 Å². The Morgan fingerprint density at radius 2 is 1.71 bits per heavy atom. The van der Waals surface area contributed by atoms with Crippen LogP contribution in [0, 0.1) is 10.1 Å². The van der Waals surface area contributed by atoms with Crippen LogP contribution in [0.15, 0.2) is 71.8 Å². The Kier molecular flexibility index (Phi) is 5.87. The lowest BCUT2D eigenvalue weighted by Crippen LogP contribution is -2.18. The average Bonchev–Trinajstić information content (AvgIpc) is 3.18. The minimum atomic E-state index is -0.490. The number of nitrogens with zero attached hydrogens (tertiary/aromatic N) is 2. The molecule has 2 N–H and O–H groups in total. The zero-order chi connectivity index (χ0) is 19.9. The predicted molar refractivity (Wildman–Crippen MR) is 107 cm³/mol. The van der Waals surface area contributed by atoms with Crippen LogP contribution in [0.2, 0.25) is 0 Å². The lowest BCUT2D eigenvalue weighted by Gasteiger charge is -2.07. The van der Waals surface area contributed by atoms with Gasteiger partial charge >= 0.3 is 5.00 Å². The number of thiophene rings is 1. The maximum Gasteiger partial charge on any atom is 0.324 e. The standard InChI is InChI=1S/C19H14N4O4S/c24-18(13-5-2-1-3-6-13)21-15-8-4-7-14(11-15)19(25)22-20-12-16-9-10-17(28-16)23(26)27/h1-12H,(H,21,24)(H,22,25)/b20-12-. The Morgan fingerprint density at radius 1 is 0.964 bits per heavy atom. The number of benzene rings is 2. The fourth-order valence-corrected chi connectivity index (χ4v) is 2.95. The molecule has 1 heterocycles. The molecule has 8 nitrogen and oxygen atoms in total. The molecule has 0 saturated carbocycles. The van der Waals surface area contributed by atoms with Crippen molar-refractivity contribution in [2.24, 2.45) is 5.10 Å². The second-order valence-electron chi connectivity index (χ2n) is 5.53. The van der Waals surface area contributed by atoms with Crippen molar-refractivity contribution in [3.05, 3.63) is 92.8 Å². The first-order chi connectivity index (χ1) is 13.5. The Morgan fingerprint density at radius 3 is 2.43 bits per heavy atom. The summed E-state index contributed by atoms with van der Waals surface area (Å²) in [6, 6.07) is 18.1. The third-order valence-corrected chi connectivity index (χ3v) is 4.54. The van der Waals surface area contributed by atoms with Gasteiger partial charge in [-0.05, 0) is 36.4 Å². The molecule has 140 valence electrons. The SMILES string of the molecule is O=C(N/N=C\c1ccc([N+](=O)[O-])s1)c1cccc(NC(=O)c2ccccc2)c1. The van der Waals surface area contributed by atoms with Crippen LogP contribution in [0.1, 0.15) is 25.6 Å². The van der Waals surface area contributed by atoms with Gasteiger partial charge in [0.15, 0.2) is 0 Å². The molecular weight excluding hydrogens is 380 g/mol. The summed E-state index contributed by atoms with van der Waals surface area (Å²) in [5.41, 5.74) is 3.64. The summed E-state index contributed by atoms with van der Waals surface area (Å²) < 4.78 is 0. The fourth-order valence-electron chi connectivity index (χ4n) is 2.26. The maximum absolute atomic E-state index is 12.2. The van der Waals surface area contributed by atoms with Gasteiger partial charge in [-0.15, -0.1) is 0 Å². The fraction of sp³-hybridized carbons (Fsp3) is 0. The van der Waals surface area contributed by atoms with Gasteiger partial charge in [-0.3, -0.25) is 19.7 Å². The summed E-state index contributed by atoms with van der Waals surface area (Å²) in [7, 11) is 0. The first-order valence-electron chi connectivity index (χ1n) is 8.07. The number of amides is 2. The molecule has 0 saturated heterocycles. The van der Waals surface area contributed by atoms with Crippen molar-refractivity contribution in [2.75, 3.05) is 5.32 Å². The molecule has 0 spiro atoms. The van der Waals surface area contributed by atoms with Gasteiger partial charge in [-0.1, -0.05) is 35.6 Å². The summed E-state index contributed by atoms with van der Waals surface area (Å²) in [5.74, 6) is -0.756. The van der Waals surface area contributed by atoms with E-state index in [9.17, 15) is 19.7 Å². The molecule has 0 fully saturated rings. The third-order valence-electron chi connectivity index (χ3n) is 3.57. The van der Waals surface area contributed by atoms with E-state index in [1.165, 1.54) is 24.4 Å². The van der Waals surface area contributed by atoms with Crippen LogP contribution in [0.3, 0.4) is 0 Å². The molecular formula is C19H14N4O4S. The van der Waals surface area contributed by atoms with E-state index < -0.39 is 10.8 Å². The molecule has 0 unspecified atom stereocenters. The second-order valence-corrected chi connectivity index (χ2v) is 6.63. The lowest BCUT2D eigenvalue weighted by atomic mass is 10.1. The van der Waals surface area contributed by atoms with Gasteiger partial charge in [0.2, 0.25) is 0 Å². The minimum Gasteiger partial charge on any atom is -0.322 e. The molecule has 0 aliphatic rings. The van der Waals surface area contributed by atoms with Crippen LogP contribution in [0.25, 0.3) is 0 Å². The van der Waals surface area contributed by atoms with Crippen LogP contribution < -0.4 is 10.7 Å². The normalized spacial score (nSPS) is 10.6. The lowest BCUT2D eigenvalue weighted by molar-refractivity contribution is -0.380. The Balaban J connectivity index is 1.62. The van der Waals surface area contributed by atoms with Crippen LogP contribution in [0.4, 0.5) is 10.7 Å². The van der Waals surface area contributed by atoms with E-state index in [-0.39, 0.29) is 10.9 Å². The van der Waals surface area contributed by atoms with Gasteiger partial charge in [-0.2, -0.15) is 5.10 Å². The first kappa shape index (κ1) is 18.9. The number of rotatable bonds is 6. The molecule has 0 radical (unpaired) electrons. The molecule has 1 aromatic heterocycles. The summed E-state index contributed by atoms with van der Waals surface area (Å²) >= 11 is 0.948. The molecule has 2 aromatic carbocycles. The summed E-state index contributed by atoms with van der Waals surface area (Å²) in [6.45, 7) is 0. The molecule has 0 atom stereocenters. The molecule has 3 aromatic rings. The molecule has 9 heteroatoms. The highest BCUT2D eigenvalue weighted by Crippen LogP contribution is 2.22. The number of anilines is 1. The van der Waals surface area contributed by atoms with Crippen molar-refractivity contribution >= 4 is 40.1 Å². The van der Waals surface area contributed by atoms with E-state index in [0.29, 0.717) is 21.7 Å². The van der Waals surface area contributed by atoms with E-state index in [1.807, 2.05) is 6.07 Å². The number of nitro groups is 1. The van der Waals surface area contributed by atoms with E-state index in [0.717, 1.165) is 11.3 Å². The highest BCUT2D eigenvalue weighted by atomic mass is 32.1. The van der Waals surface area contributed by atoms with Crippen LogP contribution in [0.5, 0.6) is 0 Å². The monoisotopic (exact) mass is 394 g/mol. The van der Waals surface area contributed by atoms with Crippen molar-refractivity contribution in [3.8, 4) is 0 Å². The van der Waals surface area contributed by atoms with E-state index in [4.69, 9.17) is 0 Å². The van der Waals surface area contributed by atoms with Crippen molar-refractivity contribution in [1.29, 1.82) is 0 Å². The van der Waals surface area contributed by atoms with Crippen molar-refractivity contribution in [1.82, 2.24) is 5.43 Å². The smallest absolute Gasteiger partial charge is 0.322 e. The summed E-state index contributed by atoms with van der Waals surface area (Å²) in [6.07, 6.45) is 1.33. The molecule has 0 bridgehead atoms. The molecule has 2 amide bonds. The second kappa shape index (κ2) is 8.69. The average molecular weight is 394 g/mol. The van der Waals surface area contributed by atoms with Gasteiger partial charge in [-0.25, -0.2) is 5.43 Å². The topological polar surface area (TPSA) is 114 Å². The van der Waals surface area contributed by atoms with Gasteiger partial charge in [0.1, 0.15) is 0 Å². The van der Waals surface area contributed by atoms with Gasteiger partial charge in [0.05, 0.1) is 16.0 Å². The minimum absolute atomic E-state index is 0.00497. The van der Waals surface area contributed by atoms with Crippen LogP contribution in [-0.2, 0) is 0 Å². The zero-order valence-corrected chi connectivity index (χ0v) is 15.2. The van der Waals surface area contributed by atoms with E-state index in [1.54, 1.807) is 42.5 Å². The Bertz CT molecular complexity index is 1050. The molecule has 0 aliphatic carbocycles. The maximum atomic E-state index is 12.2. The number of carbonyl (C=O) groups is 2. The Labute approximate surface area is 163 Å². The van der Waals surface area contributed by atoms with Crippen LogP contribution in [-0.4, -0.2) is 23.0 Å². The number of carbonyl (C=O) groups excluding carboxylic acids is 2. The number of hydrogen-bond donors (Lipinski definition) is 2. The van der Waals surface area contributed by atoms with E-state index in [2.05, 4.69) is 15.8 Å². The zero-order valence-electron chi connectivity index (χ0n) is 14.4. The number of nitrogens with one attached hydrogen (secondary N) is 2. The predicted octanol–water partition coefficient (Wildman–Crippen LogP) is 3.67. The van der Waals surface area contributed by atoms with Gasteiger partial charge < -0.3 is 5.32 Å². The quantitative estimate of drug-likeness (QED) is 0.377. The summed E-state index contributed by atoms with van der Waals surface area (Å²) in [5, 5.41) is 17.2. The number of hydrogen-bond acceptors (Lipinski definition) is 6. The highest BCUT2D eigenvalue weighted by molar-refractivity contribution is 7.16. The summed E-state index contributed by atoms with van der Waals surface area (Å²) in [4.78, 5) is 35.1.